The zero-order valence-electron chi connectivity index (χ0n) is 8.10. The van der Waals surface area contributed by atoms with Crippen LogP contribution < -0.4 is 0 Å². The first-order chi connectivity index (χ1) is 7.25. The van der Waals surface area contributed by atoms with Crippen LogP contribution in [0, 0.1) is 11.8 Å². The highest BCUT2D eigenvalue weighted by Crippen LogP contribution is 2.03. The van der Waals surface area contributed by atoms with Gasteiger partial charge in [0.2, 0.25) is 0 Å². The minimum absolute atomic E-state index is 0.0860. The van der Waals surface area contributed by atoms with Gasteiger partial charge in [0.25, 0.3) is 0 Å². The molecule has 0 aliphatic heterocycles. The molecular formula is C11H11NO3. The molecule has 0 amide bonds. The quantitative estimate of drug-likeness (QED) is 0.568. The summed E-state index contributed by atoms with van der Waals surface area (Å²) >= 11 is 0. The van der Waals surface area contributed by atoms with Crippen molar-refractivity contribution in [2.24, 2.45) is 0 Å². The summed E-state index contributed by atoms with van der Waals surface area (Å²) in [7, 11) is 0. The minimum atomic E-state index is -1.03. The molecule has 1 rings (SSSR count). The molecule has 0 aliphatic rings. The van der Waals surface area contributed by atoms with Gasteiger partial charge in [0, 0.05) is 19.2 Å². The highest BCUT2D eigenvalue weighted by molar-refractivity contribution is 5.89. The molecule has 1 heterocycles. The third-order valence-corrected chi connectivity index (χ3v) is 1.70. The maximum absolute atomic E-state index is 10.8. The van der Waals surface area contributed by atoms with E-state index in [0.717, 1.165) is 0 Å². The summed E-state index contributed by atoms with van der Waals surface area (Å²) in [5.41, 5.74) is 0.372. The van der Waals surface area contributed by atoms with E-state index < -0.39 is 5.97 Å². The number of unbranched alkanes of at least 4 members (excludes halogenated alkanes) is 1. The van der Waals surface area contributed by atoms with Crippen molar-refractivity contribution in [1.29, 1.82) is 0 Å². The molecule has 0 bridgehead atoms. The molecule has 1 aromatic rings. The van der Waals surface area contributed by atoms with Gasteiger partial charge in [0.15, 0.2) is 0 Å². The number of hydrogen-bond donors (Lipinski definition) is 2. The van der Waals surface area contributed by atoms with Gasteiger partial charge in [-0.2, -0.15) is 0 Å². The lowest BCUT2D eigenvalue weighted by molar-refractivity contribution is 0.0696. The molecule has 0 fully saturated rings. The van der Waals surface area contributed by atoms with Crippen molar-refractivity contribution in [2.45, 2.75) is 12.8 Å². The Hall–Kier alpha value is -1.86. The first-order valence-corrected chi connectivity index (χ1v) is 4.53. The monoisotopic (exact) mass is 205 g/mol. The van der Waals surface area contributed by atoms with E-state index in [1.165, 1.54) is 12.3 Å². The molecule has 1 aromatic heterocycles. The second-order valence-corrected chi connectivity index (χ2v) is 2.83. The van der Waals surface area contributed by atoms with Crippen LogP contribution in [-0.4, -0.2) is 27.8 Å². The fraction of sp³-hybridized carbons (Fsp3) is 0.273. The van der Waals surface area contributed by atoms with Crippen LogP contribution in [0.5, 0.6) is 0 Å². The van der Waals surface area contributed by atoms with E-state index in [1.807, 2.05) is 0 Å². The lowest BCUT2D eigenvalue weighted by Gasteiger charge is -1.95. The van der Waals surface area contributed by atoms with Crippen molar-refractivity contribution < 1.29 is 15.0 Å². The van der Waals surface area contributed by atoms with Gasteiger partial charge in [0.1, 0.15) is 5.69 Å². The molecule has 2 N–H and O–H groups in total. The summed E-state index contributed by atoms with van der Waals surface area (Å²) in [5, 5.41) is 17.3. The Morgan fingerprint density at radius 2 is 2.33 bits per heavy atom. The Kier molecular flexibility index (Phi) is 4.32. The molecule has 0 aromatic carbocycles. The fourth-order valence-corrected chi connectivity index (χ4v) is 0.991. The average Bonchev–Trinajstić information content (AvgIpc) is 2.25. The average molecular weight is 205 g/mol. The minimum Gasteiger partial charge on any atom is -0.478 e. The number of rotatable bonds is 3. The highest BCUT2D eigenvalue weighted by atomic mass is 16.4. The molecule has 4 nitrogen and oxygen atoms in total. The number of carbonyl (C=O) groups is 1. The van der Waals surface area contributed by atoms with Crippen LogP contribution in [-0.2, 0) is 0 Å². The number of aliphatic hydroxyl groups is 1. The molecule has 78 valence electrons. The highest BCUT2D eigenvalue weighted by Gasteiger charge is 2.07. The number of carboxylic acids is 1. The second-order valence-electron chi connectivity index (χ2n) is 2.83. The van der Waals surface area contributed by atoms with Crippen LogP contribution in [0.25, 0.3) is 0 Å². The Morgan fingerprint density at radius 1 is 1.53 bits per heavy atom. The van der Waals surface area contributed by atoms with Crippen molar-refractivity contribution >= 4 is 5.97 Å². The molecule has 0 aliphatic carbocycles. The maximum atomic E-state index is 10.8. The van der Waals surface area contributed by atoms with Gasteiger partial charge in [-0.3, -0.25) is 0 Å². The number of pyridine rings is 1. The van der Waals surface area contributed by atoms with E-state index in [0.29, 0.717) is 12.8 Å². The zero-order valence-corrected chi connectivity index (χ0v) is 8.10. The predicted molar refractivity (Wildman–Crippen MR) is 54.4 cm³/mol. The van der Waals surface area contributed by atoms with Crippen LogP contribution >= 0.6 is 0 Å². The van der Waals surface area contributed by atoms with E-state index in [4.69, 9.17) is 10.2 Å². The molecule has 0 unspecified atom stereocenters. The topological polar surface area (TPSA) is 70.4 Å². The summed E-state index contributed by atoms with van der Waals surface area (Å²) in [6.07, 6.45) is 2.62. The first-order valence-electron chi connectivity index (χ1n) is 4.53. The third kappa shape index (κ3) is 3.41. The van der Waals surface area contributed by atoms with E-state index >= 15 is 0 Å². The molecule has 4 heteroatoms. The Labute approximate surface area is 87.6 Å². The van der Waals surface area contributed by atoms with Crippen LogP contribution in [0.3, 0.4) is 0 Å². The Bertz CT molecular complexity index is 404. The fourth-order valence-electron chi connectivity index (χ4n) is 0.991. The standard InChI is InChI=1S/C11H11NO3/c13-8-3-1-2-6-10-9(11(14)15)5-4-7-12-10/h4-5,7,13H,1,3,8H2,(H,14,15). The van der Waals surface area contributed by atoms with Gasteiger partial charge in [-0.1, -0.05) is 5.92 Å². The largest absolute Gasteiger partial charge is 0.478 e. The Morgan fingerprint density at radius 3 is 3.00 bits per heavy atom. The number of aromatic carboxylic acids is 1. The molecule has 0 radical (unpaired) electrons. The lowest BCUT2D eigenvalue weighted by Crippen LogP contribution is -2.01. The third-order valence-electron chi connectivity index (χ3n) is 1.70. The van der Waals surface area contributed by atoms with E-state index in [9.17, 15) is 4.79 Å². The van der Waals surface area contributed by atoms with Gasteiger partial charge < -0.3 is 10.2 Å². The molecule has 0 saturated heterocycles. The van der Waals surface area contributed by atoms with Gasteiger partial charge in [0.05, 0.1) is 5.56 Å². The summed E-state index contributed by atoms with van der Waals surface area (Å²) in [6.45, 7) is 0.0860. The smallest absolute Gasteiger partial charge is 0.338 e. The summed E-state index contributed by atoms with van der Waals surface area (Å²) in [6, 6.07) is 3.02. The second kappa shape index (κ2) is 5.78. The normalized spacial score (nSPS) is 9.13. The van der Waals surface area contributed by atoms with Crippen molar-refractivity contribution in [3.63, 3.8) is 0 Å². The molecule has 0 spiro atoms. The van der Waals surface area contributed by atoms with Crippen LogP contribution in [0.4, 0.5) is 0 Å². The number of carboxylic acid groups (broad SMARTS) is 1. The molecular weight excluding hydrogens is 194 g/mol. The van der Waals surface area contributed by atoms with Gasteiger partial charge in [-0.25, -0.2) is 9.78 Å². The van der Waals surface area contributed by atoms with Gasteiger partial charge >= 0.3 is 5.97 Å². The van der Waals surface area contributed by atoms with E-state index in [2.05, 4.69) is 16.8 Å². The van der Waals surface area contributed by atoms with Crippen molar-refractivity contribution in [3.8, 4) is 11.8 Å². The maximum Gasteiger partial charge on any atom is 0.338 e. The number of nitrogens with zero attached hydrogens (tertiary/aromatic N) is 1. The lowest BCUT2D eigenvalue weighted by atomic mass is 10.2. The Balaban J connectivity index is 2.83. The van der Waals surface area contributed by atoms with Gasteiger partial charge in [-0.05, 0) is 24.5 Å². The van der Waals surface area contributed by atoms with Crippen LogP contribution in [0.15, 0.2) is 18.3 Å². The summed E-state index contributed by atoms with van der Waals surface area (Å²) in [5.74, 6) is 4.41. The van der Waals surface area contributed by atoms with Crippen LogP contribution in [0.2, 0.25) is 0 Å². The number of aliphatic hydroxyl groups excluding tert-OH is 1. The molecule has 0 atom stereocenters. The van der Waals surface area contributed by atoms with Crippen molar-refractivity contribution in [3.05, 3.63) is 29.6 Å². The summed E-state index contributed by atoms with van der Waals surface area (Å²) < 4.78 is 0. The van der Waals surface area contributed by atoms with E-state index in [-0.39, 0.29) is 17.9 Å². The van der Waals surface area contributed by atoms with E-state index in [1.54, 1.807) is 6.07 Å². The number of hydrogen-bond acceptors (Lipinski definition) is 3. The SMILES string of the molecule is O=C(O)c1cccnc1C#CCCCO. The number of aromatic nitrogens is 1. The molecule has 0 saturated carbocycles. The van der Waals surface area contributed by atoms with Crippen LogP contribution in [0.1, 0.15) is 28.9 Å². The zero-order chi connectivity index (χ0) is 11.1. The van der Waals surface area contributed by atoms with Gasteiger partial charge in [-0.15, -0.1) is 0 Å². The van der Waals surface area contributed by atoms with Crippen molar-refractivity contribution in [2.75, 3.05) is 6.61 Å². The van der Waals surface area contributed by atoms with Crippen molar-refractivity contribution in [1.82, 2.24) is 4.98 Å². The summed E-state index contributed by atoms with van der Waals surface area (Å²) in [4.78, 5) is 14.6. The first kappa shape index (κ1) is 11.2. The molecule has 15 heavy (non-hydrogen) atoms. The predicted octanol–water partition coefficient (Wildman–Crippen LogP) is 0.904.